The van der Waals surface area contributed by atoms with Gasteiger partial charge in [-0.1, -0.05) is 0 Å². The maximum atomic E-state index is 11.1. The molecule has 2 atom stereocenters. The first-order chi connectivity index (χ1) is 7.02. The van der Waals surface area contributed by atoms with Crippen LogP contribution in [0.1, 0.15) is 19.3 Å². The van der Waals surface area contributed by atoms with Gasteiger partial charge in [-0.3, -0.25) is 0 Å². The Hall–Kier alpha value is 0.220. The largest absolute Gasteiger partial charge is 0.376 e. The maximum absolute atomic E-state index is 11.1. The van der Waals surface area contributed by atoms with Crippen LogP contribution in [0.4, 0.5) is 0 Å². The van der Waals surface area contributed by atoms with Gasteiger partial charge >= 0.3 is 0 Å². The zero-order valence-electron chi connectivity index (χ0n) is 8.65. The molecular weight excluding hydrogens is 234 g/mol. The lowest BCUT2D eigenvalue weighted by Gasteiger charge is -2.36. The first-order valence-corrected chi connectivity index (χ1v) is 8.09. The minimum absolute atomic E-state index is 0.0203. The van der Waals surface area contributed by atoms with E-state index in [-0.39, 0.29) is 17.3 Å². The van der Waals surface area contributed by atoms with Crippen molar-refractivity contribution in [3.8, 4) is 0 Å². The third kappa shape index (κ3) is 2.67. The van der Waals surface area contributed by atoms with Gasteiger partial charge in [-0.05, 0) is 25.0 Å². The molecule has 2 fully saturated rings. The SMILES string of the molecule is NS(=O)(=O)CC1OCCC12CCCSC2. The van der Waals surface area contributed by atoms with Crippen molar-refractivity contribution in [2.75, 3.05) is 23.9 Å². The normalized spacial score (nSPS) is 37.3. The minimum atomic E-state index is -3.42. The Balaban J connectivity index is 2.10. The summed E-state index contributed by atoms with van der Waals surface area (Å²) in [4.78, 5) is 0. The van der Waals surface area contributed by atoms with Crippen molar-refractivity contribution in [2.24, 2.45) is 10.6 Å². The molecule has 15 heavy (non-hydrogen) atoms. The summed E-state index contributed by atoms with van der Waals surface area (Å²) in [6, 6.07) is 0. The number of thioether (sulfide) groups is 1. The Morgan fingerprint density at radius 1 is 1.47 bits per heavy atom. The van der Waals surface area contributed by atoms with Crippen molar-refractivity contribution in [3.05, 3.63) is 0 Å². The van der Waals surface area contributed by atoms with Crippen LogP contribution in [0.25, 0.3) is 0 Å². The van der Waals surface area contributed by atoms with Gasteiger partial charge in [-0.25, -0.2) is 13.6 Å². The smallest absolute Gasteiger partial charge is 0.211 e. The first kappa shape index (κ1) is 11.7. The van der Waals surface area contributed by atoms with Crippen LogP contribution in [0.3, 0.4) is 0 Å². The standard InChI is InChI=1S/C9H17NO3S2/c10-15(11,12)6-8-9(3-4-13-8)2-1-5-14-7-9/h8H,1-7H2,(H2,10,11,12). The molecule has 0 amide bonds. The third-order valence-electron chi connectivity index (χ3n) is 3.34. The highest BCUT2D eigenvalue weighted by Gasteiger charge is 2.46. The summed E-state index contributed by atoms with van der Waals surface area (Å²) in [6.07, 6.45) is 3.05. The van der Waals surface area contributed by atoms with Gasteiger partial charge in [0.2, 0.25) is 10.0 Å². The molecule has 2 unspecified atom stereocenters. The second-order valence-corrected chi connectivity index (χ2v) is 7.22. The van der Waals surface area contributed by atoms with Crippen LogP contribution in [0.5, 0.6) is 0 Å². The van der Waals surface area contributed by atoms with Crippen LogP contribution in [0.2, 0.25) is 0 Å². The fourth-order valence-electron chi connectivity index (χ4n) is 2.50. The average Bonchev–Trinajstić information content (AvgIpc) is 2.48. The lowest BCUT2D eigenvalue weighted by Crippen LogP contribution is -2.41. The molecule has 0 saturated carbocycles. The highest BCUT2D eigenvalue weighted by Crippen LogP contribution is 2.45. The van der Waals surface area contributed by atoms with Gasteiger partial charge in [0.1, 0.15) is 0 Å². The molecule has 1 spiro atoms. The molecule has 0 aromatic rings. The van der Waals surface area contributed by atoms with Crippen molar-refractivity contribution in [1.82, 2.24) is 0 Å². The summed E-state index contributed by atoms with van der Waals surface area (Å²) in [5.41, 5.74) is 0.0787. The molecule has 0 aromatic heterocycles. The van der Waals surface area contributed by atoms with Gasteiger partial charge in [-0.2, -0.15) is 11.8 Å². The van der Waals surface area contributed by atoms with Crippen LogP contribution in [-0.2, 0) is 14.8 Å². The molecule has 88 valence electrons. The summed E-state index contributed by atoms with van der Waals surface area (Å²) >= 11 is 1.91. The Morgan fingerprint density at radius 3 is 2.87 bits per heavy atom. The van der Waals surface area contributed by atoms with Crippen LogP contribution in [-0.4, -0.2) is 38.4 Å². The fourth-order valence-corrected chi connectivity index (χ4v) is 4.75. The van der Waals surface area contributed by atoms with Gasteiger partial charge in [0.15, 0.2) is 0 Å². The molecule has 2 rings (SSSR count). The van der Waals surface area contributed by atoms with Crippen molar-refractivity contribution in [3.63, 3.8) is 0 Å². The van der Waals surface area contributed by atoms with E-state index < -0.39 is 10.0 Å². The molecule has 2 aliphatic heterocycles. The molecule has 2 saturated heterocycles. The highest BCUT2D eigenvalue weighted by molar-refractivity contribution is 7.99. The second kappa shape index (κ2) is 4.24. The molecule has 6 heteroatoms. The van der Waals surface area contributed by atoms with Crippen LogP contribution in [0.15, 0.2) is 0 Å². The third-order valence-corrected chi connectivity index (χ3v) is 5.46. The van der Waals surface area contributed by atoms with Crippen molar-refractivity contribution >= 4 is 21.8 Å². The van der Waals surface area contributed by atoms with E-state index in [9.17, 15) is 8.42 Å². The first-order valence-electron chi connectivity index (χ1n) is 5.22. The Morgan fingerprint density at radius 2 is 2.27 bits per heavy atom. The van der Waals surface area contributed by atoms with Gasteiger partial charge in [0, 0.05) is 17.8 Å². The van der Waals surface area contributed by atoms with E-state index in [0.717, 1.165) is 25.0 Å². The fraction of sp³-hybridized carbons (Fsp3) is 1.00. The zero-order valence-corrected chi connectivity index (χ0v) is 10.3. The molecule has 0 aliphatic carbocycles. The number of nitrogens with two attached hydrogens (primary N) is 1. The van der Waals surface area contributed by atoms with Crippen molar-refractivity contribution < 1.29 is 13.2 Å². The molecule has 2 N–H and O–H groups in total. The molecule has 0 aromatic carbocycles. The van der Waals surface area contributed by atoms with Crippen LogP contribution < -0.4 is 5.14 Å². The van der Waals surface area contributed by atoms with Gasteiger partial charge in [0.05, 0.1) is 11.9 Å². The molecule has 4 nitrogen and oxygen atoms in total. The number of sulfonamides is 1. The molecule has 2 aliphatic rings. The summed E-state index contributed by atoms with van der Waals surface area (Å²) in [7, 11) is -3.42. The Kier molecular flexibility index (Phi) is 3.30. The average molecular weight is 251 g/mol. The summed E-state index contributed by atoms with van der Waals surface area (Å²) in [5, 5.41) is 5.09. The molecular formula is C9H17NO3S2. The monoisotopic (exact) mass is 251 g/mol. The number of primary sulfonamides is 1. The lowest BCUT2D eigenvalue weighted by atomic mass is 9.79. The van der Waals surface area contributed by atoms with E-state index in [4.69, 9.17) is 9.88 Å². The predicted octanol–water partition coefficient (Wildman–Crippen LogP) is 0.577. The van der Waals surface area contributed by atoms with E-state index in [2.05, 4.69) is 0 Å². The van der Waals surface area contributed by atoms with E-state index in [1.807, 2.05) is 11.8 Å². The number of hydrogen-bond acceptors (Lipinski definition) is 4. The van der Waals surface area contributed by atoms with Gasteiger partial charge in [-0.15, -0.1) is 0 Å². The minimum Gasteiger partial charge on any atom is -0.376 e. The van der Waals surface area contributed by atoms with Gasteiger partial charge < -0.3 is 4.74 Å². The lowest BCUT2D eigenvalue weighted by molar-refractivity contribution is 0.0710. The number of hydrogen-bond donors (Lipinski definition) is 1. The molecule has 2 heterocycles. The van der Waals surface area contributed by atoms with Crippen molar-refractivity contribution in [1.29, 1.82) is 0 Å². The number of ether oxygens (including phenoxy) is 1. The quantitative estimate of drug-likeness (QED) is 0.779. The maximum Gasteiger partial charge on any atom is 0.211 e. The molecule has 0 bridgehead atoms. The summed E-state index contributed by atoms with van der Waals surface area (Å²) < 4.78 is 27.8. The van der Waals surface area contributed by atoms with E-state index in [1.54, 1.807) is 0 Å². The summed E-state index contributed by atoms with van der Waals surface area (Å²) in [5.74, 6) is 2.19. The zero-order chi connectivity index (χ0) is 10.9. The van der Waals surface area contributed by atoms with Crippen LogP contribution in [0, 0.1) is 5.41 Å². The number of rotatable bonds is 2. The van der Waals surface area contributed by atoms with E-state index in [1.165, 1.54) is 5.75 Å². The predicted molar refractivity (Wildman–Crippen MR) is 61.3 cm³/mol. The van der Waals surface area contributed by atoms with E-state index >= 15 is 0 Å². The van der Waals surface area contributed by atoms with Gasteiger partial charge in [0.25, 0.3) is 0 Å². The topological polar surface area (TPSA) is 69.4 Å². The Labute approximate surface area is 95.0 Å². The second-order valence-electron chi connectivity index (χ2n) is 4.46. The molecule has 0 radical (unpaired) electrons. The van der Waals surface area contributed by atoms with Crippen LogP contribution >= 0.6 is 11.8 Å². The van der Waals surface area contributed by atoms with E-state index in [0.29, 0.717) is 6.61 Å². The highest BCUT2D eigenvalue weighted by atomic mass is 32.2. The van der Waals surface area contributed by atoms with Crippen molar-refractivity contribution in [2.45, 2.75) is 25.4 Å². The summed E-state index contributed by atoms with van der Waals surface area (Å²) in [6.45, 7) is 0.681. The Bertz CT molecular complexity index is 322.